The zero-order chi connectivity index (χ0) is 18.9. The number of benzene rings is 2. The Labute approximate surface area is 164 Å². The third kappa shape index (κ3) is 5.47. The lowest BCUT2D eigenvalue weighted by Gasteiger charge is -2.43. The van der Waals surface area contributed by atoms with Gasteiger partial charge in [0.05, 0.1) is 13.2 Å². The lowest BCUT2D eigenvalue weighted by atomic mass is 10.0. The van der Waals surface area contributed by atoms with Gasteiger partial charge < -0.3 is 15.0 Å². The fraction of sp³-hybridized carbons (Fsp3) is 0.478. The van der Waals surface area contributed by atoms with Crippen molar-refractivity contribution in [2.24, 2.45) is 0 Å². The maximum Gasteiger partial charge on any atom is 0.119 e. The van der Waals surface area contributed by atoms with Crippen LogP contribution in [0.4, 0.5) is 5.69 Å². The smallest absolute Gasteiger partial charge is 0.119 e. The number of nitrogens with one attached hydrogen (secondary N) is 1. The first-order valence-electron chi connectivity index (χ1n) is 10.2. The molecule has 146 valence electrons. The molecule has 1 fully saturated rings. The molecule has 2 aromatic carbocycles. The van der Waals surface area contributed by atoms with Crippen LogP contribution in [0.15, 0.2) is 54.6 Å². The topological polar surface area (TPSA) is 27.7 Å². The highest BCUT2D eigenvalue weighted by Gasteiger charge is 2.28. The molecule has 2 aromatic rings. The van der Waals surface area contributed by atoms with Gasteiger partial charge in [-0.2, -0.15) is 0 Å². The van der Waals surface area contributed by atoms with E-state index in [2.05, 4.69) is 76.6 Å². The summed E-state index contributed by atoms with van der Waals surface area (Å²) in [6.07, 6.45) is 2.51. The van der Waals surface area contributed by atoms with E-state index in [0.717, 1.165) is 45.0 Å². The van der Waals surface area contributed by atoms with E-state index in [-0.39, 0.29) is 0 Å². The maximum absolute atomic E-state index is 5.30. The third-order valence-corrected chi connectivity index (χ3v) is 5.40. The van der Waals surface area contributed by atoms with Crippen LogP contribution in [0.25, 0.3) is 0 Å². The van der Waals surface area contributed by atoms with Crippen molar-refractivity contribution < 1.29 is 4.74 Å². The summed E-state index contributed by atoms with van der Waals surface area (Å²) in [5.41, 5.74) is 2.68. The molecular weight excluding hydrogens is 334 g/mol. The molecule has 1 aliphatic heterocycles. The zero-order valence-electron chi connectivity index (χ0n) is 16.7. The minimum Gasteiger partial charge on any atom is -0.497 e. The molecule has 4 nitrogen and oxygen atoms in total. The van der Waals surface area contributed by atoms with Crippen molar-refractivity contribution >= 4 is 5.69 Å². The predicted molar refractivity (Wildman–Crippen MR) is 114 cm³/mol. The Hall–Kier alpha value is -2.04. The van der Waals surface area contributed by atoms with E-state index in [0.29, 0.717) is 6.04 Å². The zero-order valence-corrected chi connectivity index (χ0v) is 16.7. The standard InChI is InChI=1S/C23H33N3O/c1-3-4-14-24-15-16-25-17-18-26(21-10-12-22(27-2)13-11-21)19-23(25)20-8-6-5-7-9-20/h5-13,23-24H,3-4,14-19H2,1-2H3/t23-/m1/s1. The first-order valence-corrected chi connectivity index (χ1v) is 10.2. The Morgan fingerprint density at radius 3 is 2.48 bits per heavy atom. The summed E-state index contributed by atoms with van der Waals surface area (Å²) in [5, 5.41) is 3.59. The molecule has 0 spiro atoms. The lowest BCUT2D eigenvalue weighted by Crippen LogP contribution is -2.50. The van der Waals surface area contributed by atoms with Gasteiger partial charge >= 0.3 is 0 Å². The normalized spacial score (nSPS) is 17.9. The van der Waals surface area contributed by atoms with Crippen molar-refractivity contribution in [3.05, 3.63) is 60.2 Å². The number of unbranched alkanes of at least 4 members (excludes halogenated alkanes) is 1. The number of nitrogens with zero attached hydrogens (tertiary/aromatic N) is 2. The summed E-state index contributed by atoms with van der Waals surface area (Å²) in [4.78, 5) is 5.13. The molecule has 0 amide bonds. The minimum atomic E-state index is 0.426. The van der Waals surface area contributed by atoms with Crippen molar-refractivity contribution in [3.63, 3.8) is 0 Å². The Bertz CT molecular complexity index is 659. The Balaban J connectivity index is 1.67. The molecule has 0 saturated carbocycles. The van der Waals surface area contributed by atoms with Crippen LogP contribution in [0.1, 0.15) is 31.4 Å². The van der Waals surface area contributed by atoms with Crippen molar-refractivity contribution in [2.75, 3.05) is 51.3 Å². The van der Waals surface area contributed by atoms with Crippen molar-refractivity contribution in [1.29, 1.82) is 0 Å². The molecule has 0 bridgehead atoms. The molecule has 1 heterocycles. The van der Waals surface area contributed by atoms with Crippen LogP contribution in [0.3, 0.4) is 0 Å². The highest BCUT2D eigenvalue weighted by molar-refractivity contribution is 5.50. The Kier molecular flexibility index (Phi) is 7.55. The van der Waals surface area contributed by atoms with E-state index in [1.807, 2.05) is 0 Å². The van der Waals surface area contributed by atoms with Crippen LogP contribution >= 0.6 is 0 Å². The van der Waals surface area contributed by atoms with E-state index >= 15 is 0 Å². The van der Waals surface area contributed by atoms with Crippen LogP contribution in [-0.4, -0.2) is 51.3 Å². The fourth-order valence-electron chi connectivity index (χ4n) is 3.76. The lowest BCUT2D eigenvalue weighted by molar-refractivity contribution is 0.178. The maximum atomic E-state index is 5.30. The summed E-state index contributed by atoms with van der Waals surface area (Å²) in [7, 11) is 1.72. The second kappa shape index (κ2) is 10.3. The van der Waals surface area contributed by atoms with Crippen LogP contribution in [-0.2, 0) is 0 Å². The Morgan fingerprint density at radius 1 is 1.00 bits per heavy atom. The molecule has 1 saturated heterocycles. The van der Waals surface area contributed by atoms with Gasteiger partial charge in [-0.1, -0.05) is 43.7 Å². The average Bonchev–Trinajstić information content (AvgIpc) is 2.74. The molecule has 0 unspecified atom stereocenters. The fourth-order valence-corrected chi connectivity index (χ4v) is 3.76. The van der Waals surface area contributed by atoms with Gasteiger partial charge in [-0.05, 0) is 42.8 Å². The molecule has 27 heavy (non-hydrogen) atoms. The largest absolute Gasteiger partial charge is 0.497 e. The Morgan fingerprint density at radius 2 is 1.78 bits per heavy atom. The summed E-state index contributed by atoms with van der Waals surface area (Å²) in [6, 6.07) is 19.8. The quantitative estimate of drug-likeness (QED) is 0.679. The van der Waals surface area contributed by atoms with Gasteiger partial charge in [-0.25, -0.2) is 0 Å². The number of rotatable bonds is 9. The molecule has 3 rings (SSSR count). The molecule has 1 N–H and O–H groups in total. The van der Waals surface area contributed by atoms with E-state index < -0.39 is 0 Å². The molecule has 1 aliphatic rings. The number of piperazine rings is 1. The monoisotopic (exact) mass is 367 g/mol. The number of hydrogen-bond donors (Lipinski definition) is 1. The first-order chi connectivity index (χ1) is 13.3. The van der Waals surface area contributed by atoms with Gasteiger partial charge in [0, 0.05) is 38.4 Å². The summed E-state index contributed by atoms with van der Waals surface area (Å²) in [6.45, 7) is 8.69. The SMILES string of the molecule is CCCCNCCN1CCN(c2ccc(OC)cc2)C[C@@H]1c1ccccc1. The molecule has 0 aromatic heterocycles. The molecular formula is C23H33N3O. The van der Waals surface area contributed by atoms with Crippen LogP contribution in [0, 0.1) is 0 Å². The van der Waals surface area contributed by atoms with E-state index in [1.54, 1.807) is 7.11 Å². The van der Waals surface area contributed by atoms with Crippen LogP contribution in [0.2, 0.25) is 0 Å². The van der Waals surface area contributed by atoms with Gasteiger partial charge in [-0.3, -0.25) is 4.90 Å². The van der Waals surface area contributed by atoms with E-state index in [1.165, 1.54) is 24.1 Å². The number of hydrogen-bond acceptors (Lipinski definition) is 4. The van der Waals surface area contributed by atoms with Crippen molar-refractivity contribution in [3.8, 4) is 5.75 Å². The highest BCUT2D eigenvalue weighted by atomic mass is 16.5. The second-order valence-electron chi connectivity index (χ2n) is 7.21. The summed E-state index contributed by atoms with van der Waals surface area (Å²) >= 11 is 0. The molecule has 1 atom stereocenters. The first kappa shape index (κ1) is 19.7. The average molecular weight is 368 g/mol. The van der Waals surface area contributed by atoms with Gasteiger partial charge in [-0.15, -0.1) is 0 Å². The third-order valence-electron chi connectivity index (χ3n) is 5.40. The summed E-state index contributed by atoms with van der Waals surface area (Å²) in [5.74, 6) is 0.912. The van der Waals surface area contributed by atoms with Crippen molar-refractivity contribution in [1.82, 2.24) is 10.2 Å². The van der Waals surface area contributed by atoms with E-state index in [4.69, 9.17) is 4.74 Å². The van der Waals surface area contributed by atoms with Gasteiger partial charge in [0.15, 0.2) is 0 Å². The highest BCUT2D eigenvalue weighted by Crippen LogP contribution is 2.29. The minimum absolute atomic E-state index is 0.426. The second-order valence-corrected chi connectivity index (χ2v) is 7.21. The molecule has 0 aliphatic carbocycles. The van der Waals surface area contributed by atoms with Crippen molar-refractivity contribution in [2.45, 2.75) is 25.8 Å². The number of methoxy groups -OCH3 is 1. The van der Waals surface area contributed by atoms with E-state index in [9.17, 15) is 0 Å². The number of anilines is 1. The van der Waals surface area contributed by atoms with Crippen LogP contribution < -0.4 is 15.0 Å². The molecule has 0 radical (unpaired) electrons. The van der Waals surface area contributed by atoms with Gasteiger partial charge in [0.1, 0.15) is 5.75 Å². The van der Waals surface area contributed by atoms with Gasteiger partial charge in [0.25, 0.3) is 0 Å². The predicted octanol–water partition coefficient (Wildman–Crippen LogP) is 3.95. The van der Waals surface area contributed by atoms with Crippen LogP contribution in [0.5, 0.6) is 5.75 Å². The molecule has 4 heteroatoms. The van der Waals surface area contributed by atoms with Gasteiger partial charge in [0.2, 0.25) is 0 Å². The summed E-state index contributed by atoms with van der Waals surface area (Å²) < 4.78 is 5.30. The number of ether oxygens (including phenoxy) is 1.